The van der Waals surface area contributed by atoms with Gasteiger partial charge in [0.15, 0.2) is 0 Å². The fourth-order valence-electron chi connectivity index (χ4n) is 3.07. The summed E-state index contributed by atoms with van der Waals surface area (Å²) in [5.74, 6) is 0.860. The number of likely N-dealkylation sites (tertiary alicyclic amines) is 1. The highest BCUT2D eigenvalue weighted by Gasteiger charge is 2.34. The van der Waals surface area contributed by atoms with Gasteiger partial charge in [0, 0.05) is 29.8 Å². The molecule has 2 atom stereocenters. The van der Waals surface area contributed by atoms with Crippen molar-refractivity contribution < 1.29 is 0 Å². The van der Waals surface area contributed by atoms with Gasteiger partial charge in [-0.25, -0.2) is 0 Å². The van der Waals surface area contributed by atoms with Gasteiger partial charge in [-0.2, -0.15) is 0 Å². The van der Waals surface area contributed by atoms with Crippen molar-refractivity contribution in [2.45, 2.75) is 25.4 Å². The summed E-state index contributed by atoms with van der Waals surface area (Å²) < 4.78 is 1.06. The molecule has 3 rings (SSSR count). The maximum atomic E-state index is 4.48. The van der Waals surface area contributed by atoms with Gasteiger partial charge in [0.25, 0.3) is 0 Å². The van der Waals surface area contributed by atoms with Gasteiger partial charge < -0.3 is 5.32 Å². The normalized spacial score (nSPS) is 29.2. The smallest absolute Gasteiger partial charge is 0.0544 e. The molecule has 2 saturated heterocycles. The molecule has 1 aromatic rings. The van der Waals surface area contributed by atoms with Crippen LogP contribution in [0.5, 0.6) is 0 Å². The Morgan fingerprint density at radius 3 is 3.18 bits per heavy atom. The lowest BCUT2D eigenvalue weighted by Gasteiger charge is -2.36. The lowest BCUT2D eigenvalue weighted by Crippen LogP contribution is -2.44. The molecule has 0 aromatic carbocycles. The zero-order chi connectivity index (χ0) is 11.7. The molecular formula is C13H18BrN3. The van der Waals surface area contributed by atoms with Crippen LogP contribution in [0.1, 0.15) is 18.5 Å². The van der Waals surface area contributed by atoms with Crippen molar-refractivity contribution in [3.63, 3.8) is 0 Å². The molecule has 0 aliphatic carbocycles. The molecule has 0 saturated carbocycles. The number of pyridine rings is 1. The molecule has 4 heteroatoms. The fourth-order valence-corrected chi connectivity index (χ4v) is 3.30. The van der Waals surface area contributed by atoms with Crippen molar-refractivity contribution in [2.75, 3.05) is 19.6 Å². The monoisotopic (exact) mass is 295 g/mol. The second kappa shape index (κ2) is 5.04. The predicted octanol–water partition coefficient (Wildman–Crippen LogP) is 2.03. The van der Waals surface area contributed by atoms with Crippen LogP contribution in [0.4, 0.5) is 0 Å². The first-order valence-corrected chi connectivity index (χ1v) is 7.17. The van der Waals surface area contributed by atoms with Crippen LogP contribution in [-0.4, -0.2) is 35.6 Å². The van der Waals surface area contributed by atoms with Gasteiger partial charge in [-0.1, -0.05) is 0 Å². The minimum Gasteiger partial charge on any atom is -0.315 e. The van der Waals surface area contributed by atoms with Crippen LogP contribution < -0.4 is 5.32 Å². The zero-order valence-electron chi connectivity index (χ0n) is 9.90. The number of rotatable bonds is 2. The number of aromatic nitrogens is 1. The maximum absolute atomic E-state index is 4.48. The molecular weight excluding hydrogens is 278 g/mol. The van der Waals surface area contributed by atoms with E-state index in [4.69, 9.17) is 0 Å². The minimum absolute atomic E-state index is 0.731. The van der Waals surface area contributed by atoms with Gasteiger partial charge in [0.2, 0.25) is 0 Å². The summed E-state index contributed by atoms with van der Waals surface area (Å²) in [5, 5.41) is 3.52. The Kier molecular flexibility index (Phi) is 3.45. The molecule has 1 N–H and O–H groups in total. The first-order chi connectivity index (χ1) is 8.33. The number of piperidine rings is 1. The van der Waals surface area contributed by atoms with Crippen LogP contribution in [0, 0.1) is 5.92 Å². The van der Waals surface area contributed by atoms with Gasteiger partial charge >= 0.3 is 0 Å². The van der Waals surface area contributed by atoms with Crippen LogP contribution in [0.25, 0.3) is 0 Å². The molecule has 1 aromatic heterocycles. The van der Waals surface area contributed by atoms with Crippen molar-refractivity contribution in [3.8, 4) is 0 Å². The highest BCUT2D eigenvalue weighted by atomic mass is 79.9. The Bertz CT molecular complexity index is 379. The van der Waals surface area contributed by atoms with E-state index in [-0.39, 0.29) is 0 Å². The molecule has 3 heterocycles. The number of nitrogens with zero attached hydrogens (tertiary/aromatic N) is 2. The SMILES string of the molecule is Brc1ccc(CN2CCCC3CNCC32)nc1. The summed E-state index contributed by atoms with van der Waals surface area (Å²) in [7, 11) is 0. The summed E-state index contributed by atoms with van der Waals surface area (Å²) in [6.45, 7) is 4.58. The number of hydrogen-bond donors (Lipinski definition) is 1. The Morgan fingerprint density at radius 1 is 1.41 bits per heavy atom. The van der Waals surface area contributed by atoms with Crippen LogP contribution in [0.15, 0.2) is 22.8 Å². The lowest BCUT2D eigenvalue weighted by atomic mass is 9.92. The molecule has 2 aliphatic rings. The second-order valence-corrected chi connectivity index (χ2v) is 5.98. The molecule has 0 radical (unpaired) electrons. The van der Waals surface area contributed by atoms with Crippen molar-refractivity contribution in [1.82, 2.24) is 15.2 Å². The summed E-state index contributed by atoms with van der Waals surface area (Å²) in [5.41, 5.74) is 1.18. The van der Waals surface area contributed by atoms with E-state index in [1.165, 1.54) is 31.6 Å². The predicted molar refractivity (Wildman–Crippen MR) is 71.7 cm³/mol. The molecule has 17 heavy (non-hydrogen) atoms. The van der Waals surface area contributed by atoms with Gasteiger partial charge in [-0.3, -0.25) is 9.88 Å². The summed E-state index contributed by atoms with van der Waals surface area (Å²) in [6, 6.07) is 4.93. The first kappa shape index (κ1) is 11.6. The van der Waals surface area contributed by atoms with Crippen LogP contribution in [0.2, 0.25) is 0 Å². The largest absolute Gasteiger partial charge is 0.315 e. The molecule has 0 amide bonds. The topological polar surface area (TPSA) is 28.2 Å². The average Bonchev–Trinajstić information content (AvgIpc) is 2.81. The van der Waals surface area contributed by atoms with Crippen molar-refractivity contribution in [1.29, 1.82) is 0 Å². The van der Waals surface area contributed by atoms with Crippen molar-refractivity contribution >= 4 is 15.9 Å². The number of halogens is 1. The Balaban J connectivity index is 1.69. The molecule has 2 fully saturated rings. The first-order valence-electron chi connectivity index (χ1n) is 6.38. The number of fused-ring (bicyclic) bond motifs is 1. The minimum atomic E-state index is 0.731. The van der Waals surface area contributed by atoms with Crippen LogP contribution in [-0.2, 0) is 6.54 Å². The van der Waals surface area contributed by atoms with E-state index in [0.29, 0.717) is 0 Å². The van der Waals surface area contributed by atoms with Crippen LogP contribution >= 0.6 is 15.9 Å². The third kappa shape index (κ3) is 2.54. The van der Waals surface area contributed by atoms with Gasteiger partial charge in [0.05, 0.1) is 5.69 Å². The third-order valence-corrected chi connectivity index (χ3v) is 4.42. The summed E-state index contributed by atoms with van der Waals surface area (Å²) in [6.07, 6.45) is 4.62. The summed E-state index contributed by atoms with van der Waals surface area (Å²) >= 11 is 3.43. The standard InChI is InChI=1S/C13H18BrN3/c14-11-3-4-12(16-7-11)9-17-5-1-2-10-6-15-8-13(10)17/h3-4,7,10,13,15H,1-2,5-6,8-9H2. The Morgan fingerprint density at radius 2 is 2.35 bits per heavy atom. The van der Waals surface area contributed by atoms with Crippen molar-refractivity contribution in [2.24, 2.45) is 5.92 Å². The number of nitrogens with one attached hydrogen (secondary N) is 1. The van der Waals surface area contributed by atoms with Crippen molar-refractivity contribution in [3.05, 3.63) is 28.5 Å². The van der Waals surface area contributed by atoms with Crippen LogP contribution in [0.3, 0.4) is 0 Å². The van der Waals surface area contributed by atoms with Gasteiger partial charge in [0.1, 0.15) is 0 Å². The highest BCUT2D eigenvalue weighted by Crippen LogP contribution is 2.27. The summed E-state index contributed by atoms with van der Waals surface area (Å²) in [4.78, 5) is 7.08. The molecule has 2 unspecified atom stereocenters. The average molecular weight is 296 g/mol. The van der Waals surface area contributed by atoms with Gasteiger partial charge in [-0.05, 0) is 59.9 Å². The zero-order valence-corrected chi connectivity index (χ0v) is 11.5. The molecule has 3 nitrogen and oxygen atoms in total. The Labute approximate surface area is 111 Å². The van der Waals surface area contributed by atoms with E-state index in [1.807, 2.05) is 6.20 Å². The molecule has 0 spiro atoms. The molecule has 2 aliphatic heterocycles. The van der Waals surface area contributed by atoms with E-state index in [9.17, 15) is 0 Å². The Hall–Kier alpha value is -0.450. The van der Waals surface area contributed by atoms with E-state index >= 15 is 0 Å². The van der Waals surface area contributed by atoms with Gasteiger partial charge in [-0.15, -0.1) is 0 Å². The fraction of sp³-hybridized carbons (Fsp3) is 0.615. The quantitative estimate of drug-likeness (QED) is 0.905. The van der Waals surface area contributed by atoms with E-state index in [2.05, 4.69) is 43.3 Å². The maximum Gasteiger partial charge on any atom is 0.0544 e. The lowest BCUT2D eigenvalue weighted by molar-refractivity contribution is 0.116. The van der Waals surface area contributed by atoms with E-state index < -0.39 is 0 Å². The highest BCUT2D eigenvalue weighted by molar-refractivity contribution is 9.10. The second-order valence-electron chi connectivity index (χ2n) is 5.07. The molecule has 0 bridgehead atoms. The van der Waals surface area contributed by atoms with E-state index in [0.717, 1.165) is 29.5 Å². The number of hydrogen-bond acceptors (Lipinski definition) is 3. The molecule has 92 valence electrons. The third-order valence-electron chi connectivity index (χ3n) is 3.95. The van der Waals surface area contributed by atoms with E-state index in [1.54, 1.807) is 0 Å².